The zero-order valence-corrected chi connectivity index (χ0v) is 22.0. The van der Waals surface area contributed by atoms with Crippen molar-refractivity contribution >= 4 is 29.4 Å². The molecule has 0 N–H and O–H groups in total. The molecule has 0 saturated carbocycles. The van der Waals surface area contributed by atoms with E-state index >= 15 is 0 Å². The Kier molecular flexibility index (Phi) is 9.04. The summed E-state index contributed by atoms with van der Waals surface area (Å²) in [6.07, 6.45) is 7.15. The topological polar surface area (TPSA) is 70.4 Å². The summed E-state index contributed by atoms with van der Waals surface area (Å²) in [5.41, 5.74) is 2.40. The number of methoxy groups -OCH3 is 1. The highest BCUT2D eigenvalue weighted by Gasteiger charge is 2.21. The molecule has 1 aromatic carbocycles. The number of unbranched alkanes of at least 4 members (excludes halogenated alkanes) is 1. The van der Waals surface area contributed by atoms with E-state index in [2.05, 4.69) is 16.5 Å². The van der Waals surface area contributed by atoms with Gasteiger partial charge in [0, 0.05) is 29.8 Å². The first kappa shape index (κ1) is 26.4. The first-order valence-electron chi connectivity index (χ1n) is 11.9. The molecule has 0 saturated heterocycles. The normalized spacial score (nSPS) is 12.0. The molecule has 0 radical (unpaired) electrons. The predicted molar refractivity (Wildman–Crippen MR) is 140 cm³/mol. The van der Waals surface area contributed by atoms with E-state index in [0.29, 0.717) is 24.1 Å². The van der Waals surface area contributed by atoms with E-state index < -0.39 is 5.60 Å². The van der Waals surface area contributed by atoms with Crippen molar-refractivity contribution in [2.45, 2.75) is 65.5 Å². The minimum absolute atomic E-state index is 0.323. The highest BCUT2D eigenvalue weighted by Crippen LogP contribution is 2.22. The first-order chi connectivity index (χ1) is 16.7. The summed E-state index contributed by atoms with van der Waals surface area (Å²) in [6, 6.07) is 11.4. The average molecular weight is 495 g/mol. The second kappa shape index (κ2) is 12.0. The van der Waals surface area contributed by atoms with Crippen LogP contribution in [-0.4, -0.2) is 34.2 Å². The second-order valence-corrected chi connectivity index (χ2v) is 10.4. The van der Waals surface area contributed by atoms with E-state index in [1.54, 1.807) is 23.5 Å². The van der Waals surface area contributed by atoms with Gasteiger partial charge in [-0.15, -0.1) is 11.3 Å². The van der Waals surface area contributed by atoms with Crippen LogP contribution in [0, 0.1) is 0 Å². The molecule has 0 fully saturated rings. The van der Waals surface area contributed by atoms with Crippen LogP contribution in [0.3, 0.4) is 0 Å². The minimum atomic E-state index is -0.584. The Morgan fingerprint density at radius 3 is 2.49 bits per heavy atom. The van der Waals surface area contributed by atoms with Gasteiger partial charge in [0.2, 0.25) is 0 Å². The molecule has 0 aliphatic carbocycles. The number of aromatic nitrogens is 2. The maximum absolute atomic E-state index is 13.1. The Labute approximate surface area is 211 Å². The van der Waals surface area contributed by atoms with Crippen molar-refractivity contribution in [1.29, 1.82) is 0 Å². The molecule has 7 heteroatoms. The van der Waals surface area contributed by atoms with Crippen molar-refractivity contribution in [2.24, 2.45) is 0 Å². The van der Waals surface area contributed by atoms with Crippen LogP contribution in [0.1, 0.15) is 72.9 Å². The van der Waals surface area contributed by atoms with Crippen molar-refractivity contribution in [1.82, 2.24) is 9.55 Å². The van der Waals surface area contributed by atoms with Gasteiger partial charge in [-0.25, -0.2) is 14.6 Å². The standard InChI is InChI=1S/C28H34N2O4S/c1-6-7-10-25-29-18-23(30(25)19-20-11-13-21(14-12-20)26(31)33-5)16-22(17-24-9-8-15-35-24)27(32)34-28(2,3)4/h8-9,11-16,18H,6-7,10,17,19H2,1-5H3/b22-16+. The number of carbonyl (C=O) groups excluding carboxylic acids is 2. The smallest absolute Gasteiger partial charge is 0.337 e. The maximum atomic E-state index is 13.1. The number of imidazole rings is 1. The van der Waals surface area contributed by atoms with Gasteiger partial charge >= 0.3 is 11.9 Å². The van der Waals surface area contributed by atoms with E-state index in [4.69, 9.17) is 9.47 Å². The van der Waals surface area contributed by atoms with Gasteiger partial charge in [-0.3, -0.25) is 0 Å². The van der Waals surface area contributed by atoms with Crippen LogP contribution in [-0.2, 0) is 33.7 Å². The van der Waals surface area contributed by atoms with Gasteiger partial charge in [0.25, 0.3) is 0 Å². The van der Waals surface area contributed by atoms with Crippen LogP contribution in [0.2, 0.25) is 0 Å². The van der Waals surface area contributed by atoms with Gasteiger partial charge in [-0.05, 0) is 62.4 Å². The largest absolute Gasteiger partial charge is 0.465 e. The summed E-state index contributed by atoms with van der Waals surface area (Å²) in [5.74, 6) is 0.285. The molecular formula is C28H34N2O4S. The molecular weight excluding hydrogens is 460 g/mol. The molecule has 0 spiro atoms. The SMILES string of the molecule is CCCCc1ncc(/C=C(\Cc2cccs2)C(=O)OC(C)(C)C)n1Cc1ccc(C(=O)OC)cc1. The predicted octanol–water partition coefficient (Wildman–Crippen LogP) is 6.09. The average Bonchev–Trinajstić information content (AvgIpc) is 3.46. The van der Waals surface area contributed by atoms with Crippen molar-refractivity contribution in [3.63, 3.8) is 0 Å². The summed E-state index contributed by atoms with van der Waals surface area (Å²) in [5, 5.41) is 2.01. The number of ether oxygens (including phenoxy) is 2. The van der Waals surface area contributed by atoms with Crippen molar-refractivity contribution in [3.05, 3.63) is 81.1 Å². The van der Waals surface area contributed by atoms with Gasteiger partial charge in [-0.1, -0.05) is 31.5 Å². The third kappa shape index (κ3) is 7.65. The Bertz CT molecular complexity index is 1150. The lowest BCUT2D eigenvalue weighted by Crippen LogP contribution is -2.25. The van der Waals surface area contributed by atoms with Crippen LogP contribution in [0.4, 0.5) is 0 Å². The fourth-order valence-electron chi connectivity index (χ4n) is 3.61. The van der Waals surface area contributed by atoms with E-state index in [1.165, 1.54) is 7.11 Å². The van der Waals surface area contributed by atoms with Crippen molar-refractivity contribution < 1.29 is 19.1 Å². The highest BCUT2D eigenvalue weighted by molar-refractivity contribution is 7.09. The molecule has 0 bridgehead atoms. The van der Waals surface area contributed by atoms with Crippen LogP contribution in [0.5, 0.6) is 0 Å². The molecule has 3 rings (SSSR count). The Morgan fingerprint density at radius 2 is 1.89 bits per heavy atom. The molecule has 6 nitrogen and oxygen atoms in total. The third-order valence-electron chi connectivity index (χ3n) is 5.37. The molecule has 186 valence electrons. The molecule has 0 unspecified atom stereocenters. The highest BCUT2D eigenvalue weighted by atomic mass is 32.1. The summed E-state index contributed by atoms with van der Waals surface area (Å²) < 4.78 is 12.7. The van der Waals surface area contributed by atoms with E-state index in [0.717, 1.165) is 41.2 Å². The van der Waals surface area contributed by atoms with Crippen LogP contribution < -0.4 is 0 Å². The number of carbonyl (C=O) groups is 2. The molecule has 35 heavy (non-hydrogen) atoms. The Morgan fingerprint density at radius 1 is 1.14 bits per heavy atom. The fourth-order valence-corrected chi connectivity index (χ4v) is 4.34. The monoisotopic (exact) mass is 494 g/mol. The fraction of sp³-hybridized carbons (Fsp3) is 0.393. The summed E-state index contributed by atoms with van der Waals surface area (Å²) >= 11 is 1.62. The van der Waals surface area contributed by atoms with Gasteiger partial charge in [-0.2, -0.15) is 0 Å². The van der Waals surface area contributed by atoms with Crippen LogP contribution >= 0.6 is 11.3 Å². The molecule has 0 aliphatic rings. The molecule has 0 atom stereocenters. The van der Waals surface area contributed by atoms with Gasteiger partial charge < -0.3 is 14.0 Å². The lowest BCUT2D eigenvalue weighted by Gasteiger charge is -2.20. The minimum Gasteiger partial charge on any atom is -0.465 e. The quantitative estimate of drug-likeness (QED) is 0.252. The number of nitrogens with zero attached hydrogens (tertiary/aromatic N) is 2. The molecule has 2 heterocycles. The number of thiophene rings is 1. The molecule has 2 aromatic heterocycles. The van der Waals surface area contributed by atoms with E-state index in [9.17, 15) is 9.59 Å². The number of esters is 2. The molecule has 0 aliphatic heterocycles. The summed E-state index contributed by atoms with van der Waals surface area (Å²) in [6.45, 7) is 8.35. The summed E-state index contributed by atoms with van der Waals surface area (Å²) in [4.78, 5) is 30.7. The third-order valence-corrected chi connectivity index (χ3v) is 6.24. The van der Waals surface area contributed by atoms with E-state index in [-0.39, 0.29) is 11.9 Å². The van der Waals surface area contributed by atoms with Gasteiger partial charge in [0.05, 0.1) is 24.6 Å². The summed E-state index contributed by atoms with van der Waals surface area (Å²) in [7, 11) is 1.37. The second-order valence-electron chi connectivity index (χ2n) is 9.41. The first-order valence-corrected chi connectivity index (χ1v) is 12.8. The number of hydrogen-bond donors (Lipinski definition) is 0. The number of rotatable bonds is 10. The van der Waals surface area contributed by atoms with Crippen LogP contribution in [0.25, 0.3) is 6.08 Å². The van der Waals surface area contributed by atoms with Crippen LogP contribution in [0.15, 0.2) is 53.5 Å². The van der Waals surface area contributed by atoms with Gasteiger partial charge in [0.15, 0.2) is 0 Å². The zero-order chi connectivity index (χ0) is 25.4. The van der Waals surface area contributed by atoms with Crippen molar-refractivity contribution in [2.75, 3.05) is 7.11 Å². The number of hydrogen-bond acceptors (Lipinski definition) is 6. The maximum Gasteiger partial charge on any atom is 0.337 e. The number of aryl methyl sites for hydroxylation is 1. The lowest BCUT2D eigenvalue weighted by atomic mass is 10.1. The van der Waals surface area contributed by atoms with Crippen molar-refractivity contribution in [3.8, 4) is 0 Å². The van der Waals surface area contributed by atoms with Gasteiger partial charge in [0.1, 0.15) is 11.4 Å². The van der Waals surface area contributed by atoms with E-state index in [1.807, 2.05) is 62.7 Å². The number of benzene rings is 1. The molecule has 0 amide bonds. The Balaban J connectivity index is 1.98. The Hall–Kier alpha value is -3.19. The lowest BCUT2D eigenvalue weighted by molar-refractivity contribution is -0.149. The zero-order valence-electron chi connectivity index (χ0n) is 21.2. The molecule has 3 aromatic rings.